The summed E-state index contributed by atoms with van der Waals surface area (Å²) in [5, 5.41) is 15.5. The molecule has 3 rings (SSSR count). The average molecular weight is 494 g/mol. The number of nitrogens with zero attached hydrogens (tertiary/aromatic N) is 3. The van der Waals surface area contributed by atoms with E-state index in [0.717, 1.165) is 27.7 Å². The molecule has 6 nitrogen and oxygen atoms in total. The zero-order chi connectivity index (χ0) is 22.6. The van der Waals surface area contributed by atoms with Crippen LogP contribution in [0.3, 0.4) is 0 Å². The van der Waals surface area contributed by atoms with Crippen LogP contribution in [0.1, 0.15) is 5.69 Å². The Kier molecular flexibility index (Phi) is 7.55. The minimum Gasteiger partial charge on any atom is -0.287 e. The number of hydrogen-bond acceptors (Lipinski definition) is 6. The topological polar surface area (TPSA) is 75.4 Å². The highest BCUT2D eigenvalue weighted by molar-refractivity contribution is 8.22. The Bertz CT molecular complexity index is 1200. The molecule has 0 aliphatic heterocycles. The lowest BCUT2D eigenvalue weighted by molar-refractivity contribution is 0.0205. The van der Waals surface area contributed by atoms with E-state index < -0.39 is 9.84 Å². The third kappa shape index (κ3) is 6.18. The van der Waals surface area contributed by atoms with Crippen LogP contribution in [0, 0.1) is 0 Å². The average Bonchev–Trinajstić information content (AvgIpc) is 3.15. The second-order valence-corrected chi connectivity index (χ2v) is 10.7. The highest BCUT2D eigenvalue weighted by Gasteiger charge is 2.13. The lowest BCUT2D eigenvalue weighted by Gasteiger charge is -2.08. The maximum atomic E-state index is 11.8. The molecule has 0 aliphatic rings. The second kappa shape index (κ2) is 9.97. The molecule has 1 aromatic heterocycles. The highest BCUT2D eigenvalue weighted by Crippen LogP contribution is 2.26. The first kappa shape index (κ1) is 23.5. The molecule has 1 heterocycles. The van der Waals surface area contributed by atoms with Crippen molar-refractivity contribution in [3.05, 3.63) is 71.4 Å². The minimum absolute atomic E-state index is 0.249. The van der Waals surface area contributed by atoms with Crippen LogP contribution in [-0.4, -0.2) is 51.8 Å². The van der Waals surface area contributed by atoms with Crippen molar-refractivity contribution in [2.75, 3.05) is 19.1 Å². The van der Waals surface area contributed by atoms with Gasteiger partial charge in [-0.15, -0.1) is 0 Å². The zero-order valence-electron chi connectivity index (χ0n) is 16.8. The van der Waals surface area contributed by atoms with E-state index >= 15 is 0 Å². The van der Waals surface area contributed by atoms with E-state index in [-0.39, 0.29) is 4.90 Å². The van der Waals surface area contributed by atoms with Crippen LogP contribution < -0.4 is 0 Å². The van der Waals surface area contributed by atoms with Crippen LogP contribution in [0.2, 0.25) is 5.02 Å². The van der Waals surface area contributed by atoms with Gasteiger partial charge in [-0.05, 0) is 48.5 Å². The van der Waals surface area contributed by atoms with E-state index in [1.165, 1.54) is 25.1 Å². The number of thiocarbonyl (C=S) groups is 1. The van der Waals surface area contributed by atoms with Gasteiger partial charge in [0, 0.05) is 29.6 Å². The number of halogens is 1. The van der Waals surface area contributed by atoms with Gasteiger partial charge in [0.1, 0.15) is 0 Å². The molecule has 0 saturated heterocycles. The Hall–Kier alpha value is -2.17. The van der Waals surface area contributed by atoms with Crippen molar-refractivity contribution in [3.8, 4) is 16.9 Å². The normalized spacial score (nSPS) is 11.7. The first-order chi connectivity index (χ1) is 14.6. The summed E-state index contributed by atoms with van der Waals surface area (Å²) in [6, 6.07) is 15.9. The van der Waals surface area contributed by atoms with Crippen LogP contribution in [0.5, 0.6) is 0 Å². The van der Waals surface area contributed by atoms with E-state index in [0.29, 0.717) is 15.1 Å². The van der Waals surface area contributed by atoms with Gasteiger partial charge in [0.05, 0.1) is 22.0 Å². The summed E-state index contributed by atoms with van der Waals surface area (Å²) in [5.74, 6) is 0.579. The Morgan fingerprint density at radius 1 is 1.23 bits per heavy atom. The minimum atomic E-state index is -3.28. The van der Waals surface area contributed by atoms with E-state index in [2.05, 4.69) is 5.10 Å². The molecule has 0 unspecified atom stereocenters. The van der Waals surface area contributed by atoms with Gasteiger partial charge in [0.15, 0.2) is 14.2 Å². The number of hydroxylamine groups is 2. The van der Waals surface area contributed by atoms with Gasteiger partial charge in [-0.3, -0.25) is 5.21 Å². The third-order valence-corrected chi connectivity index (χ3v) is 7.10. The zero-order valence-corrected chi connectivity index (χ0v) is 20.0. The standard InChI is InChI=1S/C21H20ClN3O3S3/c1-24(26)21(29)30-13-3-4-17-14-20(15-5-7-16(22)8-6-15)25(23-17)18-9-11-19(12-10-18)31(2,27)28/h3-12,14,26H,13H2,1-2H3. The largest absolute Gasteiger partial charge is 0.287 e. The predicted molar refractivity (Wildman–Crippen MR) is 131 cm³/mol. The molecule has 10 heteroatoms. The van der Waals surface area contributed by atoms with Crippen molar-refractivity contribution in [2.45, 2.75) is 4.90 Å². The summed E-state index contributed by atoms with van der Waals surface area (Å²) in [7, 11) is -1.80. The van der Waals surface area contributed by atoms with Crippen molar-refractivity contribution in [2.24, 2.45) is 0 Å². The summed E-state index contributed by atoms with van der Waals surface area (Å²) in [6.45, 7) is 0. The van der Waals surface area contributed by atoms with Gasteiger partial charge in [0.2, 0.25) is 0 Å². The SMILES string of the molecule is CN(O)C(=S)SCC=Cc1cc(-c2ccc(Cl)cc2)n(-c2ccc(S(C)(=O)=O)cc2)n1. The van der Waals surface area contributed by atoms with E-state index in [1.54, 1.807) is 41.1 Å². The molecule has 0 radical (unpaired) electrons. The van der Waals surface area contributed by atoms with E-state index in [4.69, 9.17) is 23.8 Å². The lowest BCUT2D eigenvalue weighted by Crippen LogP contribution is -2.17. The molecule has 0 saturated carbocycles. The fourth-order valence-corrected chi connectivity index (χ4v) is 4.20. The Morgan fingerprint density at radius 2 is 1.87 bits per heavy atom. The predicted octanol–water partition coefficient (Wildman–Crippen LogP) is 4.95. The molecule has 0 amide bonds. The maximum absolute atomic E-state index is 11.8. The molecule has 0 spiro atoms. The van der Waals surface area contributed by atoms with Crippen molar-refractivity contribution in [3.63, 3.8) is 0 Å². The molecule has 0 bridgehead atoms. The molecule has 0 atom stereocenters. The molecule has 2 aromatic carbocycles. The van der Waals surface area contributed by atoms with E-state index in [9.17, 15) is 13.6 Å². The van der Waals surface area contributed by atoms with Crippen LogP contribution in [-0.2, 0) is 9.84 Å². The van der Waals surface area contributed by atoms with E-state index in [1.807, 2.05) is 30.4 Å². The summed E-state index contributed by atoms with van der Waals surface area (Å²) in [4.78, 5) is 0.249. The van der Waals surface area contributed by atoms with Crippen LogP contribution in [0.25, 0.3) is 23.0 Å². The Balaban J connectivity index is 1.95. The number of thioether (sulfide) groups is 1. The maximum Gasteiger partial charge on any atom is 0.175 e. The molecule has 31 heavy (non-hydrogen) atoms. The molecule has 0 aliphatic carbocycles. The van der Waals surface area contributed by atoms with Gasteiger partial charge in [-0.25, -0.2) is 18.2 Å². The van der Waals surface area contributed by atoms with Gasteiger partial charge in [-0.1, -0.05) is 53.8 Å². The molecular formula is C21H20ClN3O3S3. The lowest BCUT2D eigenvalue weighted by atomic mass is 10.1. The summed E-state index contributed by atoms with van der Waals surface area (Å²) in [6.07, 6.45) is 4.95. The monoisotopic (exact) mass is 493 g/mol. The Morgan fingerprint density at radius 3 is 2.45 bits per heavy atom. The van der Waals surface area contributed by atoms with Gasteiger partial charge in [0.25, 0.3) is 0 Å². The number of hydrogen-bond donors (Lipinski definition) is 1. The number of sulfone groups is 1. The smallest absolute Gasteiger partial charge is 0.175 e. The summed E-state index contributed by atoms with van der Waals surface area (Å²) in [5.41, 5.74) is 3.21. The number of rotatable bonds is 6. The second-order valence-electron chi connectivity index (χ2n) is 6.64. The van der Waals surface area contributed by atoms with Crippen molar-refractivity contribution < 1.29 is 13.6 Å². The fraction of sp³-hybridized carbons (Fsp3) is 0.143. The summed E-state index contributed by atoms with van der Waals surface area (Å²) >= 11 is 12.4. The molecule has 3 aromatic rings. The van der Waals surface area contributed by atoms with Gasteiger partial charge < -0.3 is 0 Å². The number of benzene rings is 2. The van der Waals surface area contributed by atoms with Crippen molar-refractivity contribution >= 4 is 55.8 Å². The first-order valence-electron chi connectivity index (χ1n) is 9.07. The number of aromatic nitrogens is 2. The van der Waals surface area contributed by atoms with Gasteiger partial charge in [-0.2, -0.15) is 5.10 Å². The first-order valence-corrected chi connectivity index (χ1v) is 12.7. The van der Waals surface area contributed by atoms with Gasteiger partial charge >= 0.3 is 0 Å². The quantitative estimate of drug-likeness (QED) is 0.384. The van der Waals surface area contributed by atoms with Crippen LogP contribution in [0.4, 0.5) is 0 Å². The third-order valence-electron chi connectivity index (χ3n) is 4.23. The fourth-order valence-electron chi connectivity index (χ4n) is 2.72. The van der Waals surface area contributed by atoms with Crippen molar-refractivity contribution in [1.29, 1.82) is 0 Å². The van der Waals surface area contributed by atoms with Crippen molar-refractivity contribution in [1.82, 2.24) is 14.8 Å². The Labute approximate surface area is 196 Å². The molecular weight excluding hydrogens is 474 g/mol. The highest BCUT2D eigenvalue weighted by atomic mass is 35.5. The van der Waals surface area contributed by atoms with Crippen LogP contribution >= 0.6 is 35.6 Å². The van der Waals surface area contributed by atoms with Crippen LogP contribution in [0.15, 0.2) is 65.6 Å². The summed E-state index contributed by atoms with van der Waals surface area (Å²) < 4.78 is 25.7. The molecule has 1 N–H and O–H groups in total. The molecule has 0 fully saturated rings. The molecule has 162 valence electrons.